The molecule has 106 valence electrons. The summed E-state index contributed by atoms with van der Waals surface area (Å²) in [6, 6.07) is 9.42. The van der Waals surface area contributed by atoms with Crippen LogP contribution in [0.1, 0.15) is 25.8 Å². The molecule has 2 atom stereocenters. The number of hydrogen-bond acceptors (Lipinski definition) is 3. The minimum atomic E-state index is -0.456. The molecule has 4 nitrogen and oxygen atoms in total. The van der Waals surface area contributed by atoms with E-state index < -0.39 is 6.04 Å². The standard InChI is InChI=1S/C16H21N3O/c1-3-11(2)14(17)16(20)19-10-13-7-4-6-12-8-5-9-18-15(12)13/h4-9,11,14H,3,10,17H2,1-2H3,(H,19,20)/t11-,14-/m0/s1. The van der Waals surface area contributed by atoms with Crippen molar-refractivity contribution in [3.8, 4) is 0 Å². The van der Waals surface area contributed by atoms with E-state index in [1.807, 2.05) is 44.2 Å². The van der Waals surface area contributed by atoms with Gasteiger partial charge in [-0.3, -0.25) is 9.78 Å². The SMILES string of the molecule is CC[C@H](C)[C@H](N)C(=O)NCc1cccc2cccnc12. The number of rotatable bonds is 5. The van der Waals surface area contributed by atoms with Crippen molar-refractivity contribution in [2.45, 2.75) is 32.9 Å². The van der Waals surface area contributed by atoms with Gasteiger partial charge in [-0.25, -0.2) is 0 Å². The molecule has 1 amide bonds. The van der Waals surface area contributed by atoms with Gasteiger partial charge >= 0.3 is 0 Å². The number of pyridine rings is 1. The van der Waals surface area contributed by atoms with Crippen molar-refractivity contribution in [3.05, 3.63) is 42.1 Å². The highest BCUT2D eigenvalue weighted by Gasteiger charge is 2.19. The predicted octanol–water partition coefficient (Wildman–Crippen LogP) is 2.22. The number of amides is 1. The maximum Gasteiger partial charge on any atom is 0.237 e. The Labute approximate surface area is 119 Å². The van der Waals surface area contributed by atoms with Crippen molar-refractivity contribution in [2.75, 3.05) is 0 Å². The molecule has 1 heterocycles. The van der Waals surface area contributed by atoms with E-state index in [4.69, 9.17) is 5.73 Å². The molecule has 1 aromatic carbocycles. The Kier molecular flexibility index (Phi) is 4.69. The number of hydrogen-bond donors (Lipinski definition) is 2. The number of para-hydroxylation sites is 1. The number of aromatic nitrogens is 1. The number of nitrogens with zero attached hydrogens (tertiary/aromatic N) is 1. The normalized spacial score (nSPS) is 13.9. The van der Waals surface area contributed by atoms with Gasteiger partial charge in [0.1, 0.15) is 0 Å². The summed E-state index contributed by atoms with van der Waals surface area (Å²) in [7, 11) is 0. The monoisotopic (exact) mass is 271 g/mol. The summed E-state index contributed by atoms with van der Waals surface area (Å²) >= 11 is 0. The molecular weight excluding hydrogens is 250 g/mol. The van der Waals surface area contributed by atoms with E-state index in [-0.39, 0.29) is 11.8 Å². The molecule has 20 heavy (non-hydrogen) atoms. The van der Waals surface area contributed by atoms with Crippen LogP contribution < -0.4 is 11.1 Å². The van der Waals surface area contributed by atoms with Crippen LogP contribution in [-0.4, -0.2) is 16.9 Å². The lowest BCUT2D eigenvalue weighted by molar-refractivity contribution is -0.123. The zero-order chi connectivity index (χ0) is 14.5. The molecule has 0 bridgehead atoms. The second-order valence-corrected chi connectivity index (χ2v) is 5.12. The van der Waals surface area contributed by atoms with Gasteiger partial charge in [0.15, 0.2) is 0 Å². The molecule has 0 saturated carbocycles. The Morgan fingerprint density at radius 1 is 1.35 bits per heavy atom. The fourth-order valence-corrected chi connectivity index (χ4v) is 2.12. The van der Waals surface area contributed by atoms with Crippen molar-refractivity contribution in [1.82, 2.24) is 10.3 Å². The molecule has 4 heteroatoms. The van der Waals surface area contributed by atoms with Crippen LogP contribution in [0.3, 0.4) is 0 Å². The van der Waals surface area contributed by atoms with Crippen molar-refractivity contribution in [3.63, 3.8) is 0 Å². The molecule has 0 fully saturated rings. The maximum atomic E-state index is 12.0. The van der Waals surface area contributed by atoms with Crippen LogP contribution in [0.15, 0.2) is 36.5 Å². The smallest absolute Gasteiger partial charge is 0.237 e. The quantitative estimate of drug-likeness (QED) is 0.876. The molecule has 1 aromatic heterocycles. The Bertz CT molecular complexity index is 592. The van der Waals surface area contributed by atoms with Gasteiger partial charge in [-0.2, -0.15) is 0 Å². The molecule has 3 N–H and O–H groups in total. The number of nitrogens with two attached hydrogens (primary N) is 1. The van der Waals surface area contributed by atoms with Crippen molar-refractivity contribution >= 4 is 16.8 Å². The molecule has 0 spiro atoms. The lowest BCUT2D eigenvalue weighted by atomic mass is 9.99. The lowest BCUT2D eigenvalue weighted by Gasteiger charge is -2.18. The van der Waals surface area contributed by atoms with E-state index >= 15 is 0 Å². The van der Waals surface area contributed by atoms with Gasteiger partial charge in [-0.05, 0) is 17.5 Å². The number of carbonyl (C=O) groups excluding carboxylic acids is 1. The van der Waals surface area contributed by atoms with Crippen LogP contribution in [0.2, 0.25) is 0 Å². The van der Waals surface area contributed by atoms with E-state index in [0.717, 1.165) is 22.9 Å². The zero-order valence-corrected chi connectivity index (χ0v) is 12.0. The summed E-state index contributed by atoms with van der Waals surface area (Å²) in [4.78, 5) is 16.4. The third-order valence-corrected chi connectivity index (χ3v) is 3.73. The first-order valence-electron chi connectivity index (χ1n) is 6.99. The Balaban J connectivity index is 2.08. The van der Waals surface area contributed by atoms with Crippen molar-refractivity contribution in [1.29, 1.82) is 0 Å². The van der Waals surface area contributed by atoms with E-state index in [1.54, 1.807) is 6.20 Å². The van der Waals surface area contributed by atoms with Gasteiger partial charge in [-0.15, -0.1) is 0 Å². The first kappa shape index (κ1) is 14.5. The number of nitrogens with one attached hydrogen (secondary N) is 1. The molecule has 0 saturated heterocycles. The Hall–Kier alpha value is -1.94. The second-order valence-electron chi connectivity index (χ2n) is 5.12. The van der Waals surface area contributed by atoms with Crippen LogP contribution in [0, 0.1) is 5.92 Å². The van der Waals surface area contributed by atoms with Crippen LogP contribution in [0.4, 0.5) is 0 Å². The lowest BCUT2D eigenvalue weighted by Crippen LogP contribution is -2.44. The van der Waals surface area contributed by atoms with E-state index in [1.165, 1.54) is 0 Å². The summed E-state index contributed by atoms with van der Waals surface area (Å²) < 4.78 is 0. The fraction of sp³-hybridized carbons (Fsp3) is 0.375. The summed E-state index contributed by atoms with van der Waals surface area (Å²) in [5, 5.41) is 3.98. The predicted molar refractivity (Wildman–Crippen MR) is 81.0 cm³/mol. The minimum absolute atomic E-state index is 0.104. The molecule has 0 unspecified atom stereocenters. The number of carbonyl (C=O) groups is 1. The summed E-state index contributed by atoms with van der Waals surface area (Å²) in [6.07, 6.45) is 2.66. The topological polar surface area (TPSA) is 68.0 Å². The molecule has 0 aliphatic heterocycles. The number of benzene rings is 1. The second kappa shape index (κ2) is 6.48. The highest BCUT2D eigenvalue weighted by atomic mass is 16.2. The van der Waals surface area contributed by atoms with Crippen LogP contribution in [-0.2, 0) is 11.3 Å². The van der Waals surface area contributed by atoms with E-state index in [9.17, 15) is 4.79 Å². The first-order valence-corrected chi connectivity index (χ1v) is 6.99. The molecular formula is C16H21N3O. The Morgan fingerprint density at radius 2 is 2.10 bits per heavy atom. The summed E-state index contributed by atoms with van der Waals surface area (Å²) in [6.45, 7) is 4.48. The minimum Gasteiger partial charge on any atom is -0.351 e. The molecule has 2 aromatic rings. The number of fused-ring (bicyclic) bond motifs is 1. The van der Waals surface area contributed by atoms with Crippen molar-refractivity contribution < 1.29 is 4.79 Å². The molecule has 0 radical (unpaired) electrons. The summed E-state index contributed by atoms with van der Waals surface area (Å²) in [5.41, 5.74) is 7.85. The van der Waals surface area contributed by atoms with Gasteiger partial charge in [0.25, 0.3) is 0 Å². The largest absolute Gasteiger partial charge is 0.351 e. The van der Waals surface area contributed by atoms with Crippen molar-refractivity contribution in [2.24, 2.45) is 11.7 Å². The van der Waals surface area contributed by atoms with Gasteiger partial charge in [0, 0.05) is 18.1 Å². The van der Waals surface area contributed by atoms with E-state index in [2.05, 4.69) is 10.3 Å². The van der Waals surface area contributed by atoms with E-state index in [0.29, 0.717) is 6.54 Å². The highest BCUT2D eigenvalue weighted by molar-refractivity contribution is 5.84. The third kappa shape index (κ3) is 3.14. The molecule has 0 aliphatic carbocycles. The molecule has 0 aliphatic rings. The Morgan fingerprint density at radius 3 is 2.85 bits per heavy atom. The van der Waals surface area contributed by atoms with Gasteiger partial charge in [0.2, 0.25) is 5.91 Å². The van der Waals surface area contributed by atoms with Gasteiger partial charge in [0.05, 0.1) is 11.6 Å². The fourth-order valence-electron chi connectivity index (χ4n) is 2.12. The van der Waals surface area contributed by atoms with Crippen LogP contribution >= 0.6 is 0 Å². The highest BCUT2D eigenvalue weighted by Crippen LogP contribution is 2.15. The molecule has 2 rings (SSSR count). The third-order valence-electron chi connectivity index (χ3n) is 3.73. The zero-order valence-electron chi connectivity index (χ0n) is 12.0. The first-order chi connectivity index (χ1) is 9.63. The van der Waals surface area contributed by atoms with Crippen LogP contribution in [0.5, 0.6) is 0 Å². The maximum absolute atomic E-state index is 12.0. The summed E-state index contributed by atoms with van der Waals surface area (Å²) in [5.74, 6) is 0.0768. The average Bonchev–Trinajstić information content (AvgIpc) is 2.50. The van der Waals surface area contributed by atoms with Gasteiger partial charge < -0.3 is 11.1 Å². The van der Waals surface area contributed by atoms with Gasteiger partial charge in [-0.1, -0.05) is 44.5 Å². The average molecular weight is 271 g/mol. The van der Waals surface area contributed by atoms with Crippen LogP contribution in [0.25, 0.3) is 10.9 Å².